The average molecular weight is 358 g/mol. The predicted molar refractivity (Wildman–Crippen MR) is 96.8 cm³/mol. The third-order valence-corrected chi connectivity index (χ3v) is 5.59. The van der Waals surface area contributed by atoms with Crippen LogP contribution in [0.2, 0.25) is 0 Å². The van der Waals surface area contributed by atoms with Crippen LogP contribution < -0.4 is 4.90 Å². The van der Waals surface area contributed by atoms with E-state index in [9.17, 15) is 4.79 Å². The van der Waals surface area contributed by atoms with Gasteiger partial charge in [-0.2, -0.15) is 11.3 Å². The first-order valence-electron chi connectivity index (χ1n) is 8.75. The maximum Gasteiger partial charge on any atom is 0.223 e. The van der Waals surface area contributed by atoms with Gasteiger partial charge in [0.1, 0.15) is 12.1 Å². The maximum atomic E-state index is 12.5. The number of nitrogens with zero attached hydrogens (tertiary/aromatic N) is 4. The fourth-order valence-corrected chi connectivity index (χ4v) is 4.15. The van der Waals surface area contributed by atoms with Crippen molar-refractivity contribution in [1.29, 1.82) is 0 Å². The summed E-state index contributed by atoms with van der Waals surface area (Å²) in [5.74, 6) is 1.24. The molecule has 0 aromatic carbocycles. The molecule has 1 fully saturated rings. The first-order chi connectivity index (χ1) is 12.3. The molecule has 0 spiro atoms. The second kappa shape index (κ2) is 7.49. The Bertz CT molecular complexity index is 729. The molecule has 25 heavy (non-hydrogen) atoms. The predicted octanol–water partition coefficient (Wildman–Crippen LogP) is 1.89. The van der Waals surface area contributed by atoms with Gasteiger partial charge in [0.2, 0.25) is 5.91 Å². The number of thiophene rings is 1. The third-order valence-electron chi connectivity index (χ3n) is 4.86. The number of anilines is 1. The second-order valence-corrected chi connectivity index (χ2v) is 7.20. The Hall–Kier alpha value is -1.99. The number of aromatic nitrogens is 2. The number of carbonyl (C=O) groups excluding carboxylic acids is 1. The molecule has 0 atom stereocenters. The fraction of sp³-hybridized carbons (Fsp3) is 0.500. The third kappa shape index (κ3) is 3.67. The van der Waals surface area contributed by atoms with Crippen molar-refractivity contribution in [2.24, 2.45) is 0 Å². The van der Waals surface area contributed by atoms with Gasteiger partial charge >= 0.3 is 0 Å². The van der Waals surface area contributed by atoms with Crippen molar-refractivity contribution in [3.05, 3.63) is 40.0 Å². The van der Waals surface area contributed by atoms with Gasteiger partial charge in [-0.3, -0.25) is 4.79 Å². The van der Waals surface area contributed by atoms with E-state index in [2.05, 4.69) is 31.7 Å². The van der Waals surface area contributed by atoms with Gasteiger partial charge in [-0.1, -0.05) is 0 Å². The Labute approximate surface area is 151 Å². The van der Waals surface area contributed by atoms with Gasteiger partial charge in [-0.25, -0.2) is 9.97 Å². The average Bonchev–Trinajstić information content (AvgIpc) is 3.19. The molecule has 0 aliphatic carbocycles. The fourth-order valence-electron chi connectivity index (χ4n) is 3.44. The highest BCUT2D eigenvalue weighted by Crippen LogP contribution is 2.26. The van der Waals surface area contributed by atoms with Crippen molar-refractivity contribution in [3.63, 3.8) is 0 Å². The maximum absolute atomic E-state index is 12.5. The molecule has 0 saturated carbocycles. The molecule has 132 valence electrons. The van der Waals surface area contributed by atoms with E-state index in [1.165, 1.54) is 11.1 Å². The molecule has 2 aliphatic rings. The summed E-state index contributed by atoms with van der Waals surface area (Å²) in [5.41, 5.74) is 3.44. The lowest BCUT2D eigenvalue weighted by molar-refractivity contribution is -0.132. The minimum Gasteiger partial charge on any atom is -0.378 e. The zero-order valence-corrected chi connectivity index (χ0v) is 15.0. The largest absolute Gasteiger partial charge is 0.378 e. The van der Waals surface area contributed by atoms with Crippen molar-refractivity contribution < 1.29 is 9.53 Å². The lowest BCUT2D eigenvalue weighted by Gasteiger charge is -2.33. The van der Waals surface area contributed by atoms with Gasteiger partial charge in [0, 0.05) is 31.6 Å². The lowest BCUT2D eigenvalue weighted by atomic mass is 10.0. The Balaban J connectivity index is 1.43. The van der Waals surface area contributed by atoms with Crippen LogP contribution >= 0.6 is 11.3 Å². The van der Waals surface area contributed by atoms with Gasteiger partial charge in [0.15, 0.2) is 0 Å². The normalized spacial score (nSPS) is 17.4. The van der Waals surface area contributed by atoms with E-state index < -0.39 is 0 Å². The van der Waals surface area contributed by atoms with Crippen LogP contribution in [0.1, 0.15) is 23.2 Å². The van der Waals surface area contributed by atoms with Crippen molar-refractivity contribution in [2.45, 2.75) is 25.8 Å². The Morgan fingerprint density at radius 2 is 2.12 bits per heavy atom. The van der Waals surface area contributed by atoms with Gasteiger partial charge < -0.3 is 14.5 Å². The number of hydrogen-bond donors (Lipinski definition) is 0. The van der Waals surface area contributed by atoms with Gasteiger partial charge in [0.05, 0.1) is 25.5 Å². The topological polar surface area (TPSA) is 58.6 Å². The highest BCUT2D eigenvalue weighted by Gasteiger charge is 2.26. The summed E-state index contributed by atoms with van der Waals surface area (Å²) in [4.78, 5) is 25.7. The zero-order chi connectivity index (χ0) is 17.1. The van der Waals surface area contributed by atoms with Crippen LogP contribution in [0.25, 0.3) is 0 Å². The number of aryl methyl sites for hydroxylation is 1. The molecule has 1 saturated heterocycles. The zero-order valence-electron chi connectivity index (χ0n) is 14.2. The molecule has 2 aliphatic heterocycles. The molecule has 0 bridgehead atoms. The highest BCUT2D eigenvalue weighted by molar-refractivity contribution is 7.07. The number of carbonyl (C=O) groups is 1. The van der Waals surface area contributed by atoms with E-state index in [1.54, 1.807) is 17.7 Å². The molecule has 2 aromatic heterocycles. The quantitative estimate of drug-likeness (QED) is 0.835. The van der Waals surface area contributed by atoms with Crippen LogP contribution in [0.3, 0.4) is 0 Å². The van der Waals surface area contributed by atoms with E-state index in [-0.39, 0.29) is 5.91 Å². The molecular weight excluding hydrogens is 336 g/mol. The summed E-state index contributed by atoms with van der Waals surface area (Å²) < 4.78 is 5.43. The Morgan fingerprint density at radius 3 is 2.92 bits per heavy atom. The van der Waals surface area contributed by atoms with Crippen molar-refractivity contribution >= 4 is 23.1 Å². The second-order valence-electron chi connectivity index (χ2n) is 6.42. The summed E-state index contributed by atoms with van der Waals surface area (Å²) in [7, 11) is 0. The highest BCUT2D eigenvalue weighted by atomic mass is 32.1. The molecule has 0 unspecified atom stereocenters. The monoisotopic (exact) mass is 358 g/mol. The first-order valence-corrected chi connectivity index (χ1v) is 9.70. The van der Waals surface area contributed by atoms with E-state index in [0.29, 0.717) is 13.0 Å². The van der Waals surface area contributed by atoms with E-state index >= 15 is 0 Å². The number of ether oxygens (including phenoxy) is 1. The summed E-state index contributed by atoms with van der Waals surface area (Å²) >= 11 is 1.68. The standard InChI is InChI=1S/C18H22N4O2S/c23-17(2-1-14-4-10-25-12-14)22-5-3-15-16(11-22)19-13-20-18(15)21-6-8-24-9-7-21/h4,10,12-13H,1-3,5-9,11H2. The SMILES string of the molecule is O=C(CCc1ccsc1)N1CCc2c(ncnc2N2CCOCC2)C1. The molecule has 4 rings (SSSR count). The number of amides is 1. The number of morpholine rings is 1. The molecule has 2 aromatic rings. The van der Waals surface area contributed by atoms with Gasteiger partial charge in [0.25, 0.3) is 0 Å². The van der Waals surface area contributed by atoms with Crippen LogP contribution in [0.5, 0.6) is 0 Å². The van der Waals surface area contributed by atoms with Gasteiger partial charge in [-0.15, -0.1) is 0 Å². The van der Waals surface area contributed by atoms with Crippen LogP contribution in [-0.2, 0) is 28.9 Å². The molecule has 1 amide bonds. The molecule has 0 radical (unpaired) electrons. The molecule has 0 N–H and O–H groups in total. The summed E-state index contributed by atoms with van der Waals surface area (Å²) in [6.45, 7) is 4.56. The Morgan fingerprint density at radius 1 is 1.24 bits per heavy atom. The van der Waals surface area contributed by atoms with E-state index in [0.717, 1.165) is 57.2 Å². The Kier molecular flexibility index (Phi) is 4.94. The van der Waals surface area contributed by atoms with Crippen LogP contribution in [0, 0.1) is 0 Å². The first kappa shape index (κ1) is 16.5. The van der Waals surface area contributed by atoms with Crippen molar-refractivity contribution in [3.8, 4) is 0 Å². The smallest absolute Gasteiger partial charge is 0.223 e. The minimum atomic E-state index is 0.211. The number of hydrogen-bond acceptors (Lipinski definition) is 6. The lowest BCUT2D eigenvalue weighted by Crippen LogP contribution is -2.40. The summed E-state index contributed by atoms with van der Waals surface area (Å²) in [6, 6.07) is 2.09. The number of fused-ring (bicyclic) bond motifs is 1. The van der Waals surface area contributed by atoms with Crippen LogP contribution in [0.4, 0.5) is 5.82 Å². The van der Waals surface area contributed by atoms with Crippen molar-refractivity contribution in [2.75, 3.05) is 37.7 Å². The molecular formula is C18H22N4O2S. The van der Waals surface area contributed by atoms with E-state index in [1.807, 2.05) is 4.90 Å². The minimum absolute atomic E-state index is 0.211. The van der Waals surface area contributed by atoms with Gasteiger partial charge in [-0.05, 0) is 35.2 Å². The van der Waals surface area contributed by atoms with Crippen LogP contribution in [-0.4, -0.2) is 53.6 Å². The summed E-state index contributed by atoms with van der Waals surface area (Å²) in [6.07, 6.45) is 3.83. The van der Waals surface area contributed by atoms with Crippen molar-refractivity contribution in [1.82, 2.24) is 14.9 Å². The molecule has 4 heterocycles. The molecule has 6 nitrogen and oxygen atoms in total. The van der Waals surface area contributed by atoms with Crippen LogP contribution in [0.15, 0.2) is 23.2 Å². The number of rotatable bonds is 4. The molecule has 7 heteroatoms. The summed E-state index contributed by atoms with van der Waals surface area (Å²) in [5, 5.41) is 4.17. The van der Waals surface area contributed by atoms with E-state index in [4.69, 9.17) is 4.74 Å².